The molecule has 0 amide bonds. The molecule has 0 spiro atoms. The van der Waals surface area contributed by atoms with E-state index in [1.807, 2.05) is 13.8 Å². The molecule has 20 heavy (non-hydrogen) atoms. The Morgan fingerprint density at radius 2 is 2.20 bits per heavy atom. The summed E-state index contributed by atoms with van der Waals surface area (Å²) in [5, 5.41) is 15.3. The van der Waals surface area contributed by atoms with Gasteiger partial charge in [0.25, 0.3) is 5.69 Å². The van der Waals surface area contributed by atoms with Crippen LogP contribution in [0.5, 0.6) is 0 Å². The topological polar surface area (TPSA) is 95.2 Å². The van der Waals surface area contributed by atoms with E-state index in [1.165, 1.54) is 6.07 Å². The van der Waals surface area contributed by atoms with Crippen LogP contribution in [0, 0.1) is 16.0 Å². The number of halogens is 1. The molecule has 0 fully saturated rings. The second-order valence-corrected chi connectivity index (χ2v) is 5.33. The van der Waals surface area contributed by atoms with Crippen LogP contribution in [-0.2, 0) is 6.42 Å². The Balaban J connectivity index is 2.60. The van der Waals surface area contributed by atoms with E-state index in [0.29, 0.717) is 34.2 Å². The number of nitrogens with zero attached hydrogens (tertiary/aromatic N) is 2. The van der Waals surface area contributed by atoms with Gasteiger partial charge in [-0.05, 0) is 24.5 Å². The van der Waals surface area contributed by atoms with Crippen LogP contribution in [-0.4, -0.2) is 10.1 Å². The van der Waals surface area contributed by atoms with Gasteiger partial charge in [-0.1, -0.05) is 30.6 Å². The third-order valence-corrected chi connectivity index (χ3v) is 3.08. The van der Waals surface area contributed by atoms with Crippen molar-refractivity contribution in [3.05, 3.63) is 38.9 Å². The monoisotopic (exact) mass is 295 g/mol. The van der Waals surface area contributed by atoms with Gasteiger partial charge in [0, 0.05) is 16.7 Å². The van der Waals surface area contributed by atoms with E-state index in [2.05, 4.69) is 5.16 Å². The maximum absolute atomic E-state index is 11.1. The first-order chi connectivity index (χ1) is 9.40. The summed E-state index contributed by atoms with van der Waals surface area (Å²) in [5.74, 6) is 0.514. The maximum Gasteiger partial charge on any atom is 0.280 e. The molecule has 2 aromatic rings. The number of rotatable bonds is 4. The molecule has 106 valence electrons. The van der Waals surface area contributed by atoms with Gasteiger partial charge >= 0.3 is 0 Å². The molecule has 0 aliphatic rings. The number of benzene rings is 1. The van der Waals surface area contributed by atoms with Crippen molar-refractivity contribution >= 4 is 23.2 Å². The summed E-state index contributed by atoms with van der Waals surface area (Å²) in [7, 11) is 0. The van der Waals surface area contributed by atoms with Crippen molar-refractivity contribution in [2.24, 2.45) is 5.92 Å². The summed E-state index contributed by atoms with van der Waals surface area (Å²) in [6, 6.07) is 4.43. The van der Waals surface area contributed by atoms with E-state index >= 15 is 0 Å². The zero-order valence-electron chi connectivity index (χ0n) is 11.1. The number of nitrogens with two attached hydrogens (primary N) is 1. The predicted octanol–water partition coefficient (Wildman–Crippen LogP) is 3.68. The zero-order valence-corrected chi connectivity index (χ0v) is 11.8. The second-order valence-electron chi connectivity index (χ2n) is 4.89. The molecule has 0 bridgehead atoms. The third-order valence-electron chi connectivity index (χ3n) is 2.84. The highest BCUT2D eigenvalue weighted by atomic mass is 35.5. The molecule has 0 saturated carbocycles. The van der Waals surface area contributed by atoms with Gasteiger partial charge in [0.1, 0.15) is 5.69 Å². The standard InChI is InChI=1S/C13H14ClN3O3/c1-7(2)5-10-12(16-20-13(10)15)9-4-3-8(14)6-11(9)17(18)19/h3-4,6-7H,5,15H2,1-2H3. The third kappa shape index (κ3) is 2.75. The molecule has 0 atom stereocenters. The van der Waals surface area contributed by atoms with Gasteiger partial charge < -0.3 is 10.3 Å². The van der Waals surface area contributed by atoms with Gasteiger partial charge in [-0.2, -0.15) is 0 Å². The number of nitro benzene ring substituents is 1. The fourth-order valence-electron chi connectivity index (χ4n) is 2.00. The first kappa shape index (κ1) is 14.3. The molecule has 1 aromatic heterocycles. The SMILES string of the molecule is CC(C)Cc1c(-c2ccc(Cl)cc2[N+](=O)[O-])noc1N. The van der Waals surface area contributed by atoms with Crippen molar-refractivity contribution < 1.29 is 9.45 Å². The van der Waals surface area contributed by atoms with E-state index < -0.39 is 4.92 Å². The van der Waals surface area contributed by atoms with Gasteiger partial charge in [-0.3, -0.25) is 10.1 Å². The largest absolute Gasteiger partial charge is 0.367 e. The van der Waals surface area contributed by atoms with Crippen LogP contribution < -0.4 is 5.73 Å². The minimum atomic E-state index is -0.495. The van der Waals surface area contributed by atoms with Crippen LogP contribution in [0.1, 0.15) is 19.4 Å². The fraction of sp³-hybridized carbons (Fsp3) is 0.308. The summed E-state index contributed by atoms with van der Waals surface area (Å²) in [5.41, 5.74) is 7.09. The number of anilines is 1. The molecule has 2 N–H and O–H groups in total. The van der Waals surface area contributed by atoms with Crippen molar-refractivity contribution in [1.82, 2.24) is 5.16 Å². The highest BCUT2D eigenvalue weighted by Crippen LogP contribution is 2.36. The molecule has 1 aromatic carbocycles. The van der Waals surface area contributed by atoms with E-state index in [9.17, 15) is 10.1 Å². The van der Waals surface area contributed by atoms with Gasteiger partial charge in [-0.25, -0.2) is 0 Å². The highest BCUT2D eigenvalue weighted by Gasteiger charge is 2.24. The van der Waals surface area contributed by atoms with E-state index in [4.69, 9.17) is 21.9 Å². The molecule has 0 unspecified atom stereocenters. The van der Waals surface area contributed by atoms with Crippen LogP contribution in [0.4, 0.5) is 11.6 Å². The van der Waals surface area contributed by atoms with Crippen molar-refractivity contribution in [2.45, 2.75) is 20.3 Å². The molecule has 0 radical (unpaired) electrons. The molecule has 0 saturated heterocycles. The van der Waals surface area contributed by atoms with Crippen molar-refractivity contribution in [2.75, 3.05) is 5.73 Å². The van der Waals surface area contributed by atoms with Crippen molar-refractivity contribution in [3.63, 3.8) is 0 Å². The fourth-order valence-corrected chi connectivity index (χ4v) is 2.16. The Hall–Kier alpha value is -2.08. The molecule has 0 aliphatic carbocycles. The Bertz CT molecular complexity index is 652. The van der Waals surface area contributed by atoms with Crippen LogP contribution in [0.25, 0.3) is 11.3 Å². The average molecular weight is 296 g/mol. The van der Waals surface area contributed by atoms with Crippen LogP contribution in [0.15, 0.2) is 22.7 Å². The summed E-state index contributed by atoms with van der Waals surface area (Å²) < 4.78 is 4.99. The Kier molecular flexibility index (Phi) is 3.94. The maximum atomic E-state index is 11.1. The lowest BCUT2D eigenvalue weighted by atomic mass is 9.98. The highest BCUT2D eigenvalue weighted by molar-refractivity contribution is 6.30. The van der Waals surface area contributed by atoms with E-state index in [-0.39, 0.29) is 11.6 Å². The second kappa shape index (κ2) is 5.50. The van der Waals surface area contributed by atoms with Gasteiger partial charge in [0.15, 0.2) is 0 Å². The molecular formula is C13H14ClN3O3. The molecule has 2 rings (SSSR count). The normalized spacial score (nSPS) is 11.0. The number of nitrogen functional groups attached to an aromatic ring is 1. The average Bonchev–Trinajstić information content (AvgIpc) is 2.70. The lowest BCUT2D eigenvalue weighted by Crippen LogP contribution is -2.00. The van der Waals surface area contributed by atoms with Gasteiger partial charge in [0.2, 0.25) is 5.88 Å². The zero-order chi connectivity index (χ0) is 14.9. The first-order valence-electron chi connectivity index (χ1n) is 6.08. The Labute approximate surface area is 120 Å². The van der Waals surface area contributed by atoms with Crippen LogP contribution >= 0.6 is 11.6 Å². The van der Waals surface area contributed by atoms with Crippen LogP contribution in [0.2, 0.25) is 5.02 Å². The van der Waals surface area contributed by atoms with E-state index in [1.54, 1.807) is 12.1 Å². The smallest absolute Gasteiger partial charge is 0.280 e. The van der Waals surface area contributed by atoms with E-state index in [0.717, 1.165) is 0 Å². The summed E-state index contributed by atoms with van der Waals surface area (Å²) in [4.78, 5) is 10.7. The minimum Gasteiger partial charge on any atom is -0.367 e. The number of nitro groups is 1. The summed E-state index contributed by atoms with van der Waals surface area (Å²) in [6.07, 6.45) is 0.629. The molecule has 6 nitrogen and oxygen atoms in total. The van der Waals surface area contributed by atoms with Crippen molar-refractivity contribution in [1.29, 1.82) is 0 Å². The van der Waals surface area contributed by atoms with Gasteiger partial charge in [0.05, 0.1) is 10.5 Å². The van der Waals surface area contributed by atoms with Gasteiger partial charge in [-0.15, -0.1) is 0 Å². The molecule has 1 heterocycles. The number of hydrogen-bond donors (Lipinski definition) is 1. The summed E-state index contributed by atoms with van der Waals surface area (Å²) >= 11 is 5.80. The predicted molar refractivity (Wildman–Crippen MR) is 76.6 cm³/mol. The lowest BCUT2D eigenvalue weighted by Gasteiger charge is -2.06. The van der Waals surface area contributed by atoms with Crippen molar-refractivity contribution in [3.8, 4) is 11.3 Å². The Morgan fingerprint density at radius 1 is 1.50 bits per heavy atom. The summed E-state index contributed by atoms with van der Waals surface area (Å²) in [6.45, 7) is 4.04. The molecular weight excluding hydrogens is 282 g/mol. The molecule has 7 heteroatoms. The van der Waals surface area contributed by atoms with Crippen LogP contribution in [0.3, 0.4) is 0 Å². The molecule has 0 aliphatic heterocycles. The quantitative estimate of drug-likeness (QED) is 0.685. The number of hydrogen-bond acceptors (Lipinski definition) is 5. The Morgan fingerprint density at radius 3 is 2.80 bits per heavy atom. The lowest BCUT2D eigenvalue weighted by molar-refractivity contribution is -0.384. The first-order valence-corrected chi connectivity index (χ1v) is 6.46. The minimum absolute atomic E-state index is 0.115. The number of aromatic nitrogens is 1.